The quantitative estimate of drug-likeness (QED) is 0.873. The third-order valence-electron chi connectivity index (χ3n) is 4.60. The summed E-state index contributed by atoms with van der Waals surface area (Å²) < 4.78 is 28.1. The zero-order chi connectivity index (χ0) is 14.9. The van der Waals surface area contributed by atoms with Crippen LogP contribution in [-0.4, -0.2) is 43.6 Å². The van der Waals surface area contributed by atoms with Crippen molar-refractivity contribution in [2.24, 2.45) is 0 Å². The molecule has 2 unspecified atom stereocenters. The monoisotopic (exact) mass is 310 g/mol. The first-order valence-electron chi connectivity index (χ1n) is 7.57. The van der Waals surface area contributed by atoms with Crippen LogP contribution >= 0.6 is 0 Å². The lowest BCUT2D eigenvalue weighted by Crippen LogP contribution is -2.46. The van der Waals surface area contributed by atoms with Crippen LogP contribution in [0.3, 0.4) is 0 Å². The predicted molar refractivity (Wildman–Crippen MR) is 80.3 cm³/mol. The topological polar surface area (TPSA) is 69.6 Å². The average Bonchev–Trinajstić information content (AvgIpc) is 2.90. The summed E-state index contributed by atoms with van der Waals surface area (Å²) in [7, 11) is -3.57. The van der Waals surface area contributed by atoms with Crippen molar-refractivity contribution >= 4 is 10.0 Å². The highest BCUT2D eigenvalue weighted by molar-refractivity contribution is 7.89. The van der Waals surface area contributed by atoms with E-state index in [1.807, 2.05) is 0 Å². The average molecular weight is 310 g/mol. The van der Waals surface area contributed by atoms with Crippen molar-refractivity contribution in [3.8, 4) is 0 Å². The molecule has 2 saturated heterocycles. The summed E-state index contributed by atoms with van der Waals surface area (Å²) in [6.07, 6.45) is 4.32. The molecule has 6 heteroatoms. The van der Waals surface area contributed by atoms with Gasteiger partial charge in [-0.25, -0.2) is 13.1 Å². The second-order valence-corrected chi connectivity index (χ2v) is 7.56. The zero-order valence-corrected chi connectivity index (χ0v) is 12.8. The van der Waals surface area contributed by atoms with E-state index in [0.717, 1.165) is 25.9 Å². The van der Waals surface area contributed by atoms with Gasteiger partial charge < -0.3 is 5.11 Å². The fourth-order valence-corrected chi connectivity index (χ4v) is 5.08. The van der Waals surface area contributed by atoms with E-state index in [2.05, 4.69) is 9.62 Å². The van der Waals surface area contributed by atoms with E-state index >= 15 is 0 Å². The van der Waals surface area contributed by atoms with E-state index < -0.39 is 10.0 Å². The van der Waals surface area contributed by atoms with Crippen LogP contribution < -0.4 is 4.72 Å². The molecule has 2 N–H and O–H groups in total. The largest absolute Gasteiger partial charge is 0.392 e. The van der Waals surface area contributed by atoms with E-state index in [4.69, 9.17) is 0 Å². The third kappa shape index (κ3) is 2.99. The van der Waals surface area contributed by atoms with Gasteiger partial charge in [0.25, 0.3) is 0 Å². The van der Waals surface area contributed by atoms with Gasteiger partial charge in [-0.05, 0) is 37.4 Å². The first-order chi connectivity index (χ1) is 10.1. The van der Waals surface area contributed by atoms with E-state index in [-0.39, 0.29) is 17.5 Å². The Bertz CT molecular complexity index is 603. The second kappa shape index (κ2) is 6.04. The van der Waals surface area contributed by atoms with Crippen LogP contribution in [0.1, 0.15) is 31.2 Å². The lowest BCUT2D eigenvalue weighted by Gasteiger charge is -2.32. The number of nitrogens with one attached hydrogen (secondary N) is 1. The van der Waals surface area contributed by atoms with Gasteiger partial charge >= 0.3 is 0 Å². The number of hydrogen-bond acceptors (Lipinski definition) is 4. The van der Waals surface area contributed by atoms with Gasteiger partial charge in [-0.15, -0.1) is 0 Å². The van der Waals surface area contributed by atoms with Gasteiger partial charge in [0, 0.05) is 18.6 Å². The van der Waals surface area contributed by atoms with Crippen LogP contribution in [0.5, 0.6) is 0 Å². The Hall–Kier alpha value is -0.950. The SMILES string of the molecule is O=S(=O)(NC1CCN2CCCCC12)c1ccccc1CO. The Kier molecular flexibility index (Phi) is 4.31. The molecule has 0 saturated carbocycles. The van der Waals surface area contributed by atoms with Crippen LogP contribution in [0.25, 0.3) is 0 Å². The van der Waals surface area contributed by atoms with Crippen molar-refractivity contribution < 1.29 is 13.5 Å². The fraction of sp³-hybridized carbons (Fsp3) is 0.600. The minimum Gasteiger partial charge on any atom is -0.392 e. The molecular weight excluding hydrogens is 288 g/mol. The van der Waals surface area contributed by atoms with Crippen molar-refractivity contribution in [3.63, 3.8) is 0 Å². The van der Waals surface area contributed by atoms with Crippen LogP contribution in [0.4, 0.5) is 0 Å². The first-order valence-corrected chi connectivity index (χ1v) is 9.05. The maximum atomic E-state index is 12.6. The predicted octanol–water partition coefficient (Wildman–Crippen LogP) is 1.08. The summed E-state index contributed by atoms with van der Waals surface area (Å²) in [5.41, 5.74) is 0.448. The van der Waals surface area contributed by atoms with E-state index in [9.17, 15) is 13.5 Å². The Morgan fingerprint density at radius 1 is 1.19 bits per heavy atom. The van der Waals surface area contributed by atoms with Crippen LogP contribution in [0, 0.1) is 0 Å². The van der Waals surface area contributed by atoms with Gasteiger partial charge in [-0.2, -0.15) is 0 Å². The van der Waals surface area contributed by atoms with Gasteiger partial charge in [0.1, 0.15) is 0 Å². The lowest BCUT2D eigenvalue weighted by atomic mass is 10.00. The molecule has 2 heterocycles. The van der Waals surface area contributed by atoms with E-state index in [0.29, 0.717) is 11.6 Å². The molecule has 0 aliphatic carbocycles. The van der Waals surface area contributed by atoms with Gasteiger partial charge in [0.2, 0.25) is 10.0 Å². The molecule has 0 amide bonds. The number of nitrogens with zero attached hydrogens (tertiary/aromatic N) is 1. The Balaban J connectivity index is 1.80. The van der Waals surface area contributed by atoms with Crippen molar-refractivity contribution in [1.29, 1.82) is 0 Å². The molecule has 0 bridgehead atoms. The molecule has 3 rings (SSSR count). The maximum absolute atomic E-state index is 12.6. The molecule has 1 aromatic rings. The maximum Gasteiger partial charge on any atom is 0.241 e. The summed E-state index contributed by atoms with van der Waals surface area (Å²) in [5, 5.41) is 9.33. The number of piperidine rings is 1. The lowest BCUT2D eigenvalue weighted by molar-refractivity contribution is 0.186. The highest BCUT2D eigenvalue weighted by atomic mass is 32.2. The summed E-state index contributed by atoms with van der Waals surface area (Å²) in [5.74, 6) is 0. The van der Waals surface area contributed by atoms with Crippen LogP contribution in [-0.2, 0) is 16.6 Å². The molecule has 2 atom stereocenters. The highest BCUT2D eigenvalue weighted by Crippen LogP contribution is 2.28. The summed E-state index contributed by atoms with van der Waals surface area (Å²) in [6.45, 7) is 1.78. The summed E-state index contributed by atoms with van der Waals surface area (Å²) >= 11 is 0. The van der Waals surface area contributed by atoms with Crippen molar-refractivity contribution in [2.75, 3.05) is 13.1 Å². The Morgan fingerprint density at radius 2 is 2.00 bits per heavy atom. The van der Waals surface area contributed by atoms with E-state index in [1.54, 1.807) is 24.3 Å². The molecule has 2 aliphatic rings. The van der Waals surface area contributed by atoms with E-state index in [1.165, 1.54) is 12.8 Å². The van der Waals surface area contributed by atoms with Crippen molar-refractivity contribution in [2.45, 2.75) is 49.3 Å². The number of hydrogen-bond donors (Lipinski definition) is 2. The fourth-order valence-electron chi connectivity index (χ4n) is 3.54. The molecular formula is C15H22N2O3S. The normalized spacial score (nSPS) is 26.7. The van der Waals surface area contributed by atoms with Gasteiger partial charge in [0.05, 0.1) is 11.5 Å². The van der Waals surface area contributed by atoms with Crippen LogP contribution in [0.2, 0.25) is 0 Å². The van der Waals surface area contributed by atoms with Gasteiger partial charge in [0.15, 0.2) is 0 Å². The van der Waals surface area contributed by atoms with Gasteiger partial charge in [-0.3, -0.25) is 4.90 Å². The van der Waals surface area contributed by atoms with Crippen LogP contribution in [0.15, 0.2) is 29.2 Å². The second-order valence-electron chi connectivity index (χ2n) is 5.88. The number of fused-ring (bicyclic) bond motifs is 1. The Labute approximate surface area is 126 Å². The van der Waals surface area contributed by atoms with Gasteiger partial charge in [-0.1, -0.05) is 24.6 Å². The smallest absolute Gasteiger partial charge is 0.241 e. The van der Waals surface area contributed by atoms with Crippen molar-refractivity contribution in [1.82, 2.24) is 9.62 Å². The highest BCUT2D eigenvalue weighted by Gasteiger charge is 2.38. The minimum absolute atomic E-state index is 0.0120. The molecule has 1 aromatic carbocycles. The molecule has 0 radical (unpaired) electrons. The molecule has 0 aromatic heterocycles. The number of aliphatic hydroxyl groups is 1. The number of sulfonamides is 1. The standard InChI is InChI=1S/C15H22N2O3S/c18-11-12-5-1-2-7-15(12)21(19,20)16-13-8-10-17-9-4-3-6-14(13)17/h1-2,5,7,13-14,16,18H,3-4,6,8-11H2. The minimum atomic E-state index is -3.57. The molecule has 0 spiro atoms. The molecule has 2 aliphatic heterocycles. The number of rotatable bonds is 4. The third-order valence-corrected chi connectivity index (χ3v) is 6.19. The summed E-state index contributed by atoms with van der Waals surface area (Å²) in [4.78, 5) is 2.59. The Morgan fingerprint density at radius 3 is 2.81 bits per heavy atom. The first kappa shape index (κ1) is 15.0. The molecule has 116 valence electrons. The molecule has 5 nitrogen and oxygen atoms in total. The molecule has 2 fully saturated rings. The summed E-state index contributed by atoms with van der Waals surface area (Å²) in [6, 6.07) is 6.95. The van der Waals surface area contributed by atoms with Crippen molar-refractivity contribution in [3.05, 3.63) is 29.8 Å². The molecule has 21 heavy (non-hydrogen) atoms. The zero-order valence-electron chi connectivity index (χ0n) is 12.0. The number of benzene rings is 1. The number of aliphatic hydroxyl groups excluding tert-OH is 1.